The number of piperidine rings is 2. The molecule has 6 heteroatoms. The fourth-order valence-electron chi connectivity index (χ4n) is 7.37. The van der Waals surface area contributed by atoms with Gasteiger partial charge in [-0.3, -0.25) is 9.78 Å². The van der Waals surface area contributed by atoms with E-state index in [2.05, 4.69) is 46.5 Å². The predicted octanol–water partition coefficient (Wildman–Crippen LogP) is 6.62. The number of aliphatic imine (C=N–C) groups is 1. The van der Waals surface area contributed by atoms with Crippen molar-refractivity contribution in [3.05, 3.63) is 89.2 Å². The maximum absolute atomic E-state index is 13.4. The highest BCUT2D eigenvalue weighted by Gasteiger charge is 2.37. The van der Waals surface area contributed by atoms with Crippen molar-refractivity contribution in [2.75, 3.05) is 7.05 Å². The average molecular weight is 535 g/mol. The highest BCUT2D eigenvalue weighted by Crippen LogP contribution is 2.38. The van der Waals surface area contributed by atoms with Crippen LogP contribution in [0.15, 0.2) is 71.9 Å². The van der Waals surface area contributed by atoms with E-state index in [1.54, 1.807) is 0 Å². The van der Waals surface area contributed by atoms with Gasteiger partial charge in [0.05, 0.1) is 23.1 Å². The quantitative estimate of drug-likeness (QED) is 0.289. The number of carbonyl (C=O) groups is 1. The summed E-state index contributed by atoms with van der Waals surface area (Å²) in [6.45, 7) is 0. The largest absolute Gasteiger partial charge is 0.490 e. The molecule has 4 heterocycles. The third-order valence-corrected chi connectivity index (χ3v) is 9.64. The molecular weight excluding hydrogens is 496 g/mol. The van der Waals surface area contributed by atoms with Gasteiger partial charge in [0.25, 0.3) is 5.91 Å². The molecule has 6 nitrogen and oxygen atoms in total. The van der Waals surface area contributed by atoms with Crippen molar-refractivity contribution < 1.29 is 9.53 Å². The molecule has 0 spiro atoms. The number of nitrogens with one attached hydrogen (secondary N) is 1. The van der Waals surface area contributed by atoms with Crippen LogP contribution in [0.25, 0.3) is 0 Å². The standard InChI is InChI=1S/C34H38N4O2/c1-38-25-9-6-10-26(38)21-28(20-25)40-27-15-12-23(13-16-27)32-29-19-24(14-17-30(29)36-32)34(39)37-33(22-7-2-3-8-22)31-11-4-5-18-35-31/h4-5,11-19,22,25-26,28,33H,2-3,6-10,20-21H2,1H3,(H,37,39). The first-order valence-corrected chi connectivity index (χ1v) is 15.1. The van der Waals surface area contributed by atoms with Gasteiger partial charge in [0, 0.05) is 35.0 Å². The number of hydrogen-bond acceptors (Lipinski definition) is 5. The number of hydrogen-bond donors (Lipinski definition) is 1. The lowest BCUT2D eigenvalue weighted by Gasteiger charge is -2.46. The second-order valence-corrected chi connectivity index (χ2v) is 12.1. The van der Waals surface area contributed by atoms with Gasteiger partial charge in [-0.2, -0.15) is 0 Å². The summed E-state index contributed by atoms with van der Waals surface area (Å²) in [5, 5.41) is 3.32. The Morgan fingerprint density at radius 1 is 0.950 bits per heavy atom. The Morgan fingerprint density at radius 2 is 1.73 bits per heavy atom. The molecule has 3 unspecified atom stereocenters. The summed E-state index contributed by atoms with van der Waals surface area (Å²) in [4.78, 5) is 25.3. The molecule has 3 aromatic rings. The number of amides is 1. The molecule has 1 saturated carbocycles. The summed E-state index contributed by atoms with van der Waals surface area (Å²) in [7, 11) is 2.28. The monoisotopic (exact) mass is 534 g/mol. The van der Waals surface area contributed by atoms with Crippen LogP contribution < -0.4 is 10.1 Å². The lowest BCUT2D eigenvalue weighted by atomic mass is 9.83. The van der Waals surface area contributed by atoms with Gasteiger partial charge in [0.1, 0.15) is 11.9 Å². The van der Waals surface area contributed by atoms with Crippen molar-refractivity contribution in [2.24, 2.45) is 10.9 Å². The van der Waals surface area contributed by atoms with Crippen LogP contribution in [0, 0.1) is 5.92 Å². The van der Waals surface area contributed by atoms with Crippen LogP contribution >= 0.6 is 0 Å². The first-order chi connectivity index (χ1) is 19.6. The number of aromatic nitrogens is 1. The fourth-order valence-corrected chi connectivity index (χ4v) is 7.37. The van der Waals surface area contributed by atoms with Crippen LogP contribution in [0.1, 0.15) is 91.0 Å². The minimum Gasteiger partial charge on any atom is -0.490 e. The number of fused-ring (bicyclic) bond motifs is 3. The van der Waals surface area contributed by atoms with Crippen LogP contribution in [-0.4, -0.2) is 46.7 Å². The first kappa shape index (κ1) is 25.5. The Morgan fingerprint density at radius 3 is 2.45 bits per heavy atom. The van der Waals surface area contributed by atoms with Gasteiger partial charge in [-0.25, -0.2) is 4.99 Å². The Kier molecular flexibility index (Phi) is 6.88. The number of ether oxygens (including phenoxy) is 1. The number of nitrogens with zero attached hydrogens (tertiary/aromatic N) is 3. The summed E-state index contributed by atoms with van der Waals surface area (Å²) >= 11 is 0. The van der Waals surface area contributed by atoms with Gasteiger partial charge in [0.15, 0.2) is 0 Å². The van der Waals surface area contributed by atoms with E-state index in [0.717, 1.165) is 59.7 Å². The molecule has 1 aromatic heterocycles. The predicted molar refractivity (Wildman–Crippen MR) is 157 cm³/mol. The molecule has 3 fully saturated rings. The van der Waals surface area contributed by atoms with Crippen LogP contribution in [0.3, 0.4) is 0 Å². The van der Waals surface area contributed by atoms with Gasteiger partial charge in [-0.1, -0.05) is 25.3 Å². The summed E-state index contributed by atoms with van der Waals surface area (Å²) in [6, 6.07) is 21.3. The molecule has 4 aliphatic rings. The zero-order valence-electron chi connectivity index (χ0n) is 23.3. The molecule has 1 N–H and O–H groups in total. The Labute approximate surface area is 236 Å². The number of rotatable bonds is 7. The van der Waals surface area contributed by atoms with Crippen molar-refractivity contribution in [1.82, 2.24) is 15.2 Å². The van der Waals surface area contributed by atoms with Gasteiger partial charge in [-0.15, -0.1) is 0 Å². The fraction of sp³-hybridized carbons (Fsp3) is 0.441. The molecule has 3 atom stereocenters. The number of pyridine rings is 1. The number of carbonyl (C=O) groups excluding carboxylic acids is 1. The normalized spacial score (nSPS) is 24.9. The van der Waals surface area contributed by atoms with Gasteiger partial charge < -0.3 is 15.0 Å². The van der Waals surface area contributed by atoms with E-state index in [4.69, 9.17) is 9.73 Å². The summed E-state index contributed by atoms with van der Waals surface area (Å²) in [6.07, 6.45) is 12.9. The lowest BCUT2D eigenvalue weighted by Crippen LogP contribution is -2.52. The topological polar surface area (TPSA) is 66.8 Å². The molecule has 1 amide bonds. The maximum Gasteiger partial charge on any atom is 0.251 e. The molecule has 2 saturated heterocycles. The summed E-state index contributed by atoms with van der Waals surface area (Å²) < 4.78 is 6.44. The van der Waals surface area contributed by atoms with Crippen molar-refractivity contribution in [3.63, 3.8) is 0 Å². The molecule has 7 rings (SSSR count). The van der Waals surface area contributed by atoms with Gasteiger partial charge >= 0.3 is 0 Å². The van der Waals surface area contributed by atoms with Crippen molar-refractivity contribution in [3.8, 4) is 5.75 Å². The van der Waals surface area contributed by atoms with Crippen LogP contribution in [0.2, 0.25) is 0 Å². The minimum absolute atomic E-state index is 0.0526. The Bertz CT molecular complexity index is 1380. The zero-order chi connectivity index (χ0) is 27.1. The van der Waals surface area contributed by atoms with E-state index < -0.39 is 0 Å². The summed E-state index contributed by atoms with van der Waals surface area (Å²) in [5.41, 5.74) is 5.55. The van der Waals surface area contributed by atoms with E-state index in [0.29, 0.717) is 29.7 Å². The summed E-state index contributed by atoms with van der Waals surface area (Å²) in [5.74, 6) is 1.30. The molecule has 2 bridgehead atoms. The average Bonchev–Trinajstić information content (AvgIpc) is 3.49. The molecule has 3 aliphatic heterocycles. The second-order valence-electron chi connectivity index (χ2n) is 12.1. The van der Waals surface area contributed by atoms with Crippen LogP contribution in [0.5, 0.6) is 5.75 Å². The number of benzene rings is 2. The van der Waals surface area contributed by atoms with Crippen LogP contribution in [0.4, 0.5) is 5.69 Å². The second kappa shape index (κ2) is 10.8. The van der Waals surface area contributed by atoms with E-state index in [1.807, 2.05) is 42.6 Å². The van der Waals surface area contributed by atoms with E-state index >= 15 is 0 Å². The maximum atomic E-state index is 13.4. The smallest absolute Gasteiger partial charge is 0.251 e. The molecule has 1 aliphatic carbocycles. The zero-order valence-corrected chi connectivity index (χ0v) is 23.3. The molecule has 40 heavy (non-hydrogen) atoms. The molecular formula is C34H38N4O2. The minimum atomic E-state index is -0.0629. The van der Waals surface area contributed by atoms with Gasteiger partial charge in [-0.05, 0) is 106 Å². The van der Waals surface area contributed by atoms with Crippen LogP contribution in [-0.2, 0) is 0 Å². The van der Waals surface area contributed by atoms with Crippen molar-refractivity contribution >= 4 is 17.3 Å². The van der Waals surface area contributed by atoms with Gasteiger partial charge in [0.2, 0.25) is 0 Å². The lowest BCUT2D eigenvalue weighted by molar-refractivity contribution is 0.000139. The van der Waals surface area contributed by atoms with E-state index in [-0.39, 0.29) is 11.9 Å². The van der Waals surface area contributed by atoms with Crippen molar-refractivity contribution in [2.45, 2.75) is 82.0 Å². The van der Waals surface area contributed by atoms with E-state index in [1.165, 1.54) is 32.1 Å². The third-order valence-electron chi connectivity index (χ3n) is 9.64. The van der Waals surface area contributed by atoms with E-state index in [9.17, 15) is 4.79 Å². The highest BCUT2D eigenvalue weighted by atomic mass is 16.5. The Balaban J connectivity index is 1.03. The highest BCUT2D eigenvalue weighted by molar-refractivity contribution is 6.22. The molecule has 0 radical (unpaired) electrons. The Hall–Kier alpha value is -3.51. The molecule has 206 valence electrons. The van der Waals surface area contributed by atoms with Crippen molar-refractivity contribution in [1.29, 1.82) is 0 Å². The first-order valence-electron chi connectivity index (χ1n) is 15.1. The third kappa shape index (κ3) is 4.94. The SMILES string of the molecule is CN1C2CCCC1CC(Oc1ccc(C3=Nc4ccc(C(=O)NC(c5ccccn5)C5CCCC5)cc43)cc1)C2. The molecule has 2 aromatic carbocycles.